The van der Waals surface area contributed by atoms with E-state index < -0.39 is 6.04 Å². The summed E-state index contributed by atoms with van der Waals surface area (Å²) < 4.78 is 2.04. The summed E-state index contributed by atoms with van der Waals surface area (Å²) in [6.45, 7) is 1.62. The number of H-pyrrole nitrogens is 1. The number of likely N-dealkylation sites (N-methyl/N-ethyl adjacent to an activating group) is 1. The van der Waals surface area contributed by atoms with Gasteiger partial charge >= 0.3 is 0 Å². The number of benzene rings is 1. The molecule has 1 aromatic carbocycles. The average molecular weight is 304 g/mol. The van der Waals surface area contributed by atoms with E-state index in [4.69, 9.17) is 12.2 Å². The molecule has 1 atom stereocenters. The van der Waals surface area contributed by atoms with Crippen LogP contribution in [0.4, 0.5) is 0 Å². The van der Waals surface area contributed by atoms with Crippen LogP contribution in [0.25, 0.3) is 5.69 Å². The normalized spacial score (nSPS) is 11.7. The van der Waals surface area contributed by atoms with E-state index in [0.717, 1.165) is 5.69 Å². The van der Waals surface area contributed by atoms with Crippen molar-refractivity contribution in [1.82, 2.24) is 20.2 Å². The fourth-order valence-corrected chi connectivity index (χ4v) is 2.18. The van der Waals surface area contributed by atoms with Crippen molar-refractivity contribution in [3.05, 3.63) is 47.0 Å². The Morgan fingerprint density at radius 2 is 1.95 bits per heavy atom. The largest absolute Gasteiger partial charge is 0.357 e. The van der Waals surface area contributed by atoms with Crippen LogP contribution < -0.4 is 10.6 Å². The second-order valence-electron chi connectivity index (χ2n) is 4.46. The molecule has 0 saturated heterocycles. The van der Waals surface area contributed by atoms with E-state index in [-0.39, 0.29) is 11.8 Å². The summed E-state index contributed by atoms with van der Waals surface area (Å²) in [7, 11) is 1.52. The molecule has 0 unspecified atom stereocenters. The molecule has 6 nitrogen and oxygen atoms in total. The van der Waals surface area contributed by atoms with Crippen LogP contribution in [0.1, 0.15) is 17.4 Å². The van der Waals surface area contributed by atoms with Gasteiger partial charge in [0.2, 0.25) is 5.91 Å². The van der Waals surface area contributed by atoms with Crippen LogP contribution in [0.3, 0.4) is 0 Å². The standard InChI is InChI=1S/C14H16N4O2S/c1-9(12(19)15-2)17-13(20)11-8-16-14(21)18(11)10-6-4-3-5-7-10/h3-9H,1-2H3,(H,15,19)(H,16,21)(H,17,20)/t9-/m1/s1. The van der Waals surface area contributed by atoms with Crippen LogP contribution in [0.2, 0.25) is 0 Å². The fraction of sp³-hybridized carbons (Fsp3) is 0.214. The van der Waals surface area contributed by atoms with Crippen molar-refractivity contribution >= 4 is 24.0 Å². The Morgan fingerprint density at radius 1 is 1.29 bits per heavy atom. The van der Waals surface area contributed by atoms with Gasteiger partial charge in [0.25, 0.3) is 5.91 Å². The Kier molecular flexibility index (Phi) is 4.54. The maximum absolute atomic E-state index is 12.3. The van der Waals surface area contributed by atoms with E-state index in [1.165, 1.54) is 13.2 Å². The Morgan fingerprint density at radius 3 is 2.57 bits per heavy atom. The zero-order chi connectivity index (χ0) is 15.4. The Balaban J connectivity index is 2.32. The first kappa shape index (κ1) is 15.0. The maximum Gasteiger partial charge on any atom is 0.270 e. The zero-order valence-electron chi connectivity index (χ0n) is 11.7. The second-order valence-corrected chi connectivity index (χ2v) is 4.85. The van der Waals surface area contributed by atoms with Gasteiger partial charge in [0.15, 0.2) is 4.77 Å². The Bertz CT molecular complexity index is 705. The van der Waals surface area contributed by atoms with Gasteiger partial charge in [0.1, 0.15) is 11.7 Å². The average Bonchev–Trinajstić information content (AvgIpc) is 2.89. The first-order valence-corrected chi connectivity index (χ1v) is 6.83. The SMILES string of the molecule is CNC(=O)[C@@H](C)NC(=O)c1c[nH]c(=S)n1-c1ccccc1. The predicted octanol–water partition coefficient (Wildman–Crippen LogP) is 1.40. The molecule has 0 spiro atoms. The van der Waals surface area contributed by atoms with Gasteiger partial charge in [-0.1, -0.05) is 18.2 Å². The van der Waals surface area contributed by atoms with Crippen LogP contribution >= 0.6 is 12.2 Å². The number of aromatic nitrogens is 2. The van der Waals surface area contributed by atoms with E-state index >= 15 is 0 Å². The van der Waals surface area contributed by atoms with Crippen molar-refractivity contribution in [3.63, 3.8) is 0 Å². The minimum Gasteiger partial charge on any atom is -0.357 e. The number of rotatable bonds is 4. The number of nitrogens with zero attached hydrogens (tertiary/aromatic N) is 1. The molecule has 1 heterocycles. The van der Waals surface area contributed by atoms with Gasteiger partial charge in [-0.25, -0.2) is 0 Å². The summed E-state index contributed by atoms with van der Waals surface area (Å²) in [6, 6.07) is 8.67. The van der Waals surface area contributed by atoms with Gasteiger partial charge in [0, 0.05) is 18.9 Å². The number of imidazole rings is 1. The highest BCUT2D eigenvalue weighted by atomic mass is 32.1. The number of carbonyl (C=O) groups is 2. The molecule has 110 valence electrons. The highest BCUT2D eigenvalue weighted by molar-refractivity contribution is 7.71. The molecular weight excluding hydrogens is 288 g/mol. The summed E-state index contributed by atoms with van der Waals surface area (Å²) in [4.78, 5) is 26.6. The van der Waals surface area contributed by atoms with Crippen molar-refractivity contribution in [1.29, 1.82) is 0 Å². The minimum absolute atomic E-state index is 0.260. The number of aromatic amines is 1. The molecule has 0 aliphatic heterocycles. The molecule has 1 aromatic heterocycles. The fourth-order valence-electron chi connectivity index (χ4n) is 1.92. The molecule has 21 heavy (non-hydrogen) atoms. The first-order valence-electron chi connectivity index (χ1n) is 6.43. The molecule has 0 radical (unpaired) electrons. The van der Waals surface area contributed by atoms with Gasteiger partial charge in [-0.3, -0.25) is 14.2 Å². The minimum atomic E-state index is -0.629. The van der Waals surface area contributed by atoms with Crippen molar-refractivity contribution in [2.24, 2.45) is 0 Å². The summed E-state index contributed by atoms with van der Waals surface area (Å²) in [5.74, 6) is -0.633. The highest BCUT2D eigenvalue weighted by Gasteiger charge is 2.19. The third kappa shape index (κ3) is 3.19. The molecule has 0 bridgehead atoms. The van der Waals surface area contributed by atoms with E-state index in [1.54, 1.807) is 11.5 Å². The van der Waals surface area contributed by atoms with Crippen LogP contribution in [0.5, 0.6) is 0 Å². The molecule has 0 aliphatic rings. The lowest BCUT2D eigenvalue weighted by molar-refractivity contribution is -0.122. The molecule has 0 aliphatic carbocycles. The van der Waals surface area contributed by atoms with E-state index in [9.17, 15) is 9.59 Å². The van der Waals surface area contributed by atoms with Crippen molar-refractivity contribution in [2.75, 3.05) is 7.05 Å². The van der Waals surface area contributed by atoms with Crippen LogP contribution in [0.15, 0.2) is 36.5 Å². The summed E-state index contributed by atoms with van der Waals surface area (Å²) in [5, 5.41) is 5.12. The summed E-state index contributed by atoms with van der Waals surface area (Å²) >= 11 is 5.21. The van der Waals surface area contributed by atoms with Crippen LogP contribution in [0, 0.1) is 4.77 Å². The lowest BCUT2D eigenvalue weighted by atomic mass is 10.2. The molecule has 3 N–H and O–H groups in total. The molecule has 0 fully saturated rings. The van der Waals surface area contributed by atoms with Gasteiger partial charge in [0.05, 0.1) is 0 Å². The zero-order valence-corrected chi connectivity index (χ0v) is 12.5. The van der Waals surface area contributed by atoms with E-state index in [0.29, 0.717) is 10.5 Å². The lowest BCUT2D eigenvalue weighted by Crippen LogP contribution is -2.44. The lowest BCUT2D eigenvalue weighted by Gasteiger charge is -2.13. The smallest absolute Gasteiger partial charge is 0.270 e. The number of hydrogen-bond acceptors (Lipinski definition) is 3. The monoisotopic (exact) mass is 304 g/mol. The number of para-hydroxylation sites is 1. The number of nitrogens with one attached hydrogen (secondary N) is 3. The maximum atomic E-state index is 12.3. The van der Waals surface area contributed by atoms with Gasteiger partial charge in [-0.05, 0) is 31.3 Å². The van der Waals surface area contributed by atoms with Gasteiger partial charge in [-0.2, -0.15) is 0 Å². The van der Waals surface area contributed by atoms with Gasteiger partial charge < -0.3 is 15.6 Å². The first-order chi connectivity index (χ1) is 10.0. The number of carbonyl (C=O) groups excluding carboxylic acids is 2. The van der Waals surface area contributed by atoms with E-state index in [1.807, 2.05) is 30.3 Å². The molecule has 2 aromatic rings. The van der Waals surface area contributed by atoms with Gasteiger partial charge in [-0.15, -0.1) is 0 Å². The highest BCUT2D eigenvalue weighted by Crippen LogP contribution is 2.12. The topological polar surface area (TPSA) is 78.9 Å². The summed E-state index contributed by atoms with van der Waals surface area (Å²) in [6.07, 6.45) is 1.53. The molecule has 0 saturated carbocycles. The number of hydrogen-bond donors (Lipinski definition) is 3. The third-order valence-corrected chi connectivity index (χ3v) is 3.31. The third-order valence-electron chi connectivity index (χ3n) is 3.01. The predicted molar refractivity (Wildman–Crippen MR) is 81.9 cm³/mol. The summed E-state index contributed by atoms with van der Waals surface area (Å²) in [5.41, 5.74) is 1.13. The molecular formula is C14H16N4O2S. The van der Waals surface area contributed by atoms with Crippen LogP contribution in [-0.2, 0) is 4.79 Å². The Hall–Kier alpha value is -2.41. The quantitative estimate of drug-likeness (QED) is 0.747. The van der Waals surface area contributed by atoms with Crippen molar-refractivity contribution in [2.45, 2.75) is 13.0 Å². The van der Waals surface area contributed by atoms with Crippen molar-refractivity contribution < 1.29 is 9.59 Å². The molecule has 2 rings (SSSR count). The molecule has 2 amide bonds. The van der Waals surface area contributed by atoms with Crippen molar-refractivity contribution in [3.8, 4) is 5.69 Å². The van der Waals surface area contributed by atoms with Crippen LogP contribution in [-0.4, -0.2) is 34.5 Å². The number of amides is 2. The molecule has 7 heteroatoms. The Labute approximate surface area is 127 Å². The second kappa shape index (κ2) is 6.36. The van der Waals surface area contributed by atoms with E-state index in [2.05, 4.69) is 15.6 Å².